The number of H-pyrrole nitrogens is 1. The number of hydrogen-bond acceptors (Lipinski definition) is 5. The lowest BCUT2D eigenvalue weighted by atomic mass is 10.0. The molecule has 17 heteroatoms. The van der Waals surface area contributed by atoms with E-state index in [9.17, 15) is 31.1 Å². The van der Waals surface area contributed by atoms with E-state index in [1.54, 1.807) is 5.32 Å². The van der Waals surface area contributed by atoms with Gasteiger partial charge in [-0.1, -0.05) is 17.7 Å². The fraction of sp³-hybridized carbons (Fsp3) is 0.136. The van der Waals surface area contributed by atoms with Gasteiger partial charge in [0.1, 0.15) is 29.3 Å². The molecule has 0 aliphatic rings. The Kier molecular flexibility index (Phi) is 7.72. The Balaban J connectivity index is 1.84. The number of aromatic amines is 1. The van der Waals surface area contributed by atoms with Gasteiger partial charge in [-0.2, -0.15) is 18.3 Å². The van der Waals surface area contributed by atoms with Crippen LogP contribution in [-0.2, 0) is 11.3 Å². The van der Waals surface area contributed by atoms with Crippen molar-refractivity contribution in [1.82, 2.24) is 20.5 Å². The molecule has 0 saturated carbocycles. The van der Waals surface area contributed by atoms with Gasteiger partial charge >= 0.3 is 6.18 Å². The quantitative estimate of drug-likeness (QED) is 0.198. The Morgan fingerprint density at radius 3 is 2.54 bits per heavy atom. The molecule has 0 aliphatic carbocycles. The highest BCUT2D eigenvalue weighted by Crippen LogP contribution is 2.41. The molecular formula is C22H14ClF6N5O4S. The van der Waals surface area contributed by atoms with Crippen molar-refractivity contribution in [3.05, 3.63) is 64.7 Å². The van der Waals surface area contributed by atoms with Gasteiger partial charge in [0.15, 0.2) is 11.6 Å². The number of anilines is 2. The fourth-order valence-electron chi connectivity index (χ4n) is 3.64. The molecule has 1 unspecified atom stereocenters. The summed E-state index contributed by atoms with van der Waals surface area (Å²) in [6.45, 7) is -1.66. The minimum atomic E-state index is -4.71. The molecule has 39 heavy (non-hydrogen) atoms. The van der Waals surface area contributed by atoms with E-state index in [1.165, 1.54) is 7.11 Å². The summed E-state index contributed by atoms with van der Waals surface area (Å²) >= 11 is 2.93. The molecule has 1 amide bonds. The van der Waals surface area contributed by atoms with E-state index >= 15 is 8.78 Å². The molecule has 0 bridgehead atoms. The molecule has 2 heterocycles. The van der Waals surface area contributed by atoms with E-state index in [1.807, 2.05) is 0 Å². The third-order valence-electron chi connectivity index (χ3n) is 5.27. The zero-order chi connectivity index (χ0) is 28.6. The maximum absolute atomic E-state index is 15.8. The van der Waals surface area contributed by atoms with Gasteiger partial charge in [-0.25, -0.2) is 26.7 Å². The molecule has 206 valence electrons. The molecule has 2 aromatic heterocycles. The highest BCUT2D eigenvalue weighted by molar-refractivity contribution is 7.81. The number of ether oxygens (including phenoxy) is 1. The summed E-state index contributed by atoms with van der Waals surface area (Å²) in [6.07, 6.45) is -3.55. The smallest absolute Gasteiger partial charge is 0.405 e. The number of benzene rings is 2. The molecular weight excluding hydrogens is 580 g/mol. The molecule has 0 radical (unpaired) electrons. The van der Waals surface area contributed by atoms with Gasteiger partial charge in [-0.05, 0) is 24.3 Å². The van der Waals surface area contributed by atoms with Crippen LogP contribution in [0.25, 0.3) is 22.0 Å². The zero-order valence-electron chi connectivity index (χ0n) is 19.2. The average Bonchev–Trinajstić information content (AvgIpc) is 3.30. The number of hydrogen-bond donors (Lipinski definition) is 3. The highest BCUT2D eigenvalue weighted by atomic mass is 35.5. The number of carbonyl (C=O) groups excluding carboxylic acids is 1. The van der Waals surface area contributed by atoms with Gasteiger partial charge in [0.2, 0.25) is 5.88 Å². The second-order valence-electron chi connectivity index (χ2n) is 7.68. The monoisotopic (exact) mass is 593 g/mol. The number of alkyl halides is 3. The van der Waals surface area contributed by atoms with E-state index in [4.69, 9.17) is 16.3 Å². The van der Waals surface area contributed by atoms with Gasteiger partial charge in [0, 0.05) is 17.1 Å². The van der Waals surface area contributed by atoms with E-state index in [2.05, 4.69) is 15.2 Å². The molecule has 1 atom stereocenters. The third-order valence-corrected chi connectivity index (χ3v) is 6.18. The molecule has 0 fully saturated rings. The summed E-state index contributed by atoms with van der Waals surface area (Å²) in [6, 6.07) is 4.56. The second kappa shape index (κ2) is 10.7. The summed E-state index contributed by atoms with van der Waals surface area (Å²) in [5.41, 5.74) is -3.76. The van der Waals surface area contributed by atoms with E-state index in [0.717, 1.165) is 30.5 Å². The molecule has 9 nitrogen and oxygen atoms in total. The van der Waals surface area contributed by atoms with Gasteiger partial charge < -0.3 is 10.1 Å². The average molecular weight is 594 g/mol. The standard InChI is InChI=1S/C22H14ClF6N5O4S/c1-38-21-14(6-9(23)7-30-21)34(39(36)37)13-5-4-12(24)15(17(13)26)10-2-3-11-18(16(10)25)32-33-19(11)20(35)31-8-22(27,28)29/h2-7H,8H2,1H3,(H,31,35)(H,32,33)(H,36,37). The van der Waals surface area contributed by atoms with Gasteiger partial charge in [0.05, 0.1) is 23.4 Å². The van der Waals surface area contributed by atoms with Crippen molar-refractivity contribution in [3.8, 4) is 17.0 Å². The number of pyridine rings is 1. The van der Waals surface area contributed by atoms with Crippen molar-refractivity contribution in [2.24, 2.45) is 0 Å². The van der Waals surface area contributed by atoms with Crippen molar-refractivity contribution < 1.29 is 44.6 Å². The number of halogens is 7. The Labute approximate surface area is 222 Å². The summed E-state index contributed by atoms with van der Waals surface area (Å²) < 4.78 is 111. The molecule has 0 aliphatic heterocycles. The summed E-state index contributed by atoms with van der Waals surface area (Å²) in [4.78, 5) is 16.0. The number of carbonyl (C=O) groups is 1. The first-order chi connectivity index (χ1) is 18.3. The lowest BCUT2D eigenvalue weighted by molar-refractivity contribution is -0.123. The molecule has 2 aromatic carbocycles. The number of fused-ring (bicyclic) bond motifs is 1. The third kappa shape index (κ3) is 5.48. The number of methoxy groups -OCH3 is 1. The van der Waals surface area contributed by atoms with Crippen molar-refractivity contribution in [3.63, 3.8) is 0 Å². The van der Waals surface area contributed by atoms with Gasteiger partial charge in [0.25, 0.3) is 17.2 Å². The number of rotatable bonds is 7. The normalized spacial score (nSPS) is 12.4. The Morgan fingerprint density at radius 2 is 1.90 bits per heavy atom. The highest BCUT2D eigenvalue weighted by Gasteiger charge is 2.31. The Bertz CT molecular complexity index is 1620. The van der Waals surface area contributed by atoms with Crippen LogP contribution in [0.4, 0.5) is 37.7 Å². The fourth-order valence-corrected chi connectivity index (χ4v) is 4.41. The second-order valence-corrected chi connectivity index (χ2v) is 8.95. The van der Waals surface area contributed by atoms with Crippen molar-refractivity contribution in [2.45, 2.75) is 6.18 Å². The molecule has 3 N–H and O–H groups in total. The zero-order valence-corrected chi connectivity index (χ0v) is 20.8. The SMILES string of the molecule is COc1ncc(Cl)cc1N(c1ccc(F)c(-c2ccc3c(C(=O)NCC(F)(F)F)[nH]nc3c2F)c1F)S(=O)O. The number of nitrogens with zero attached hydrogens (tertiary/aromatic N) is 3. The van der Waals surface area contributed by atoms with Crippen LogP contribution in [0.3, 0.4) is 0 Å². The van der Waals surface area contributed by atoms with Gasteiger partial charge in [-0.3, -0.25) is 14.4 Å². The van der Waals surface area contributed by atoms with E-state index < -0.39 is 75.4 Å². The lowest BCUT2D eigenvalue weighted by Gasteiger charge is -2.23. The van der Waals surface area contributed by atoms with E-state index in [0.29, 0.717) is 10.4 Å². The van der Waals surface area contributed by atoms with Crippen LogP contribution in [0.5, 0.6) is 5.88 Å². The number of aromatic nitrogens is 3. The summed E-state index contributed by atoms with van der Waals surface area (Å²) in [5.74, 6) is -5.56. The lowest BCUT2D eigenvalue weighted by Crippen LogP contribution is -2.34. The topological polar surface area (TPSA) is 120 Å². The largest absolute Gasteiger partial charge is 0.479 e. The predicted octanol–water partition coefficient (Wildman–Crippen LogP) is 5.27. The number of nitrogens with one attached hydrogen (secondary N) is 2. The van der Waals surface area contributed by atoms with Crippen molar-refractivity contribution >= 4 is 51.1 Å². The predicted molar refractivity (Wildman–Crippen MR) is 129 cm³/mol. The first kappa shape index (κ1) is 28.1. The maximum Gasteiger partial charge on any atom is 0.405 e. The number of amides is 1. The molecule has 4 rings (SSSR count). The van der Waals surface area contributed by atoms with Gasteiger partial charge in [-0.15, -0.1) is 0 Å². The minimum absolute atomic E-state index is 0.0194. The first-order valence-corrected chi connectivity index (χ1v) is 11.9. The van der Waals surface area contributed by atoms with Crippen LogP contribution in [0.15, 0.2) is 36.5 Å². The Hall–Kier alpha value is -3.89. The van der Waals surface area contributed by atoms with Crippen LogP contribution < -0.4 is 14.4 Å². The molecule has 0 spiro atoms. The first-order valence-electron chi connectivity index (χ1n) is 10.4. The maximum atomic E-state index is 15.8. The van der Waals surface area contributed by atoms with Crippen molar-refractivity contribution in [1.29, 1.82) is 0 Å². The Morgan fingerprint density at radius 1 is 1.18 bits per heavy atom. The molecule has 4 aromatic rings. The van der Waals surface area contributed by atoms with Crippen molar-refractivity contribution in [2.75, 3.05) is 18.0 Å². The summed E-state index contributed by atoms with van der Waals surface area (Å²) in [7, 11) is 1.18. The summed E-state index contributed by atoms with van der Waals surface area (Å²) in [5, 5.41) is 7.00. The minimum Gasteiger partial charge on any atom is -0.479 e. The van der Waals surface area contributed by atoms with Crippen LogP contribution in [0.1, 0.15) is 10.5 Å². The van der Waals surface area contributed by atoms with Crippen LogP contribution in [-0.4, -0.2) is 49.7 Å². The van der Waals surface area contributed by atoms with Crippen LogP contribution in [0.2, 0.25) is 5.02 Å². The van der Waals surface area contributed by atoms with Crippen LogP contribution >= 0.6 is 11.6 Å². The van der Waals surface area contributed by atoms with Crippen LogP contribution in [0, 0.1) is 17.5 Å². The van der Waals surface area contributed by atoms with E-state index in [-0.39, 0.29) is 22.0 Å². The molecule has 0 saturated heterocycles.